The molecule has 0 spiro atoms. The number of nitrogens with two attached hydrogens (primary N) is 1. The second-order valence-electron chi connectivity index (χ2n) is 5.07. The Kier molecular flexibility index (Phi) is 23.4. The van der Waals surface area contributed by atoms with Gasteiger partial charge in [0.05, 0.1) is 13.2 Å². The summed E-state index contributed by atoms with van der Waals surface area (Å²) in [6.45, 7) is 16.3. The van der Waals surface area contributed by atoms with Crippen LogP contribution in [-0.2, 0) is 28.6 Å². The van der Waals surface area contributed by atoms with Gasteiger partial charge < -0.3 is 25.1 Å². The zero-order valence-electron chi connectivity index (χ0n) is 16.6. The smallest absolute Gasteiger partial charge is 0.333 e. The minimum Gasteiger partial charge on any atom is -0.463 e. The van der Waals surface area contributed by atoms with Crippen LogP contribution in [0.15, 0.2) is 37.0 Å². The van der Waals surface area contributed by atoms with E-state index in [0.29, 0.717) is 24.3 Å². The number of esters is 3. The molecule has 8 nitrogen and oxygen atoms in total. The molecule has 8 heteroatoms. The quantitative estimate of drug-likeness (QED) is 0.251. The van der Waals surface area contributed by atoms with Crippen LogP contribution in [0.2, 0.25) is 0 Å². The van der Waals surface area contributed by atoms with Gasteiger partial charge >= 0.3 is 17.9 Å². The lowest BCUT2D eigenvalue weighted by molar-refractivity contribution is -0.140. The Balaban J connectivity index is -0.000000320. The van der Waals surface area contributed by atoms with E-state index in [4.69, 9.17) is 10.8 Å². The van der Waals surface area contributed by atoms with Crippen molar-refractivity contribution in [3.63, 3.8) is 0 Å². The number of hydrogen-bond donors (Lipinski definition) is 2. The summed E-state index contributed by atoms with van der Waals surface area (Å²) >= 11 is 0. The topological polar surface area (TPSA) is 125 Å². The average Bonchev–Trinajstić information content (AvgIpc) is 2.64. The predicted octanol–water partition coefficient (Wildman–Crippen LogP) is 1.68. The van der Waals surface area contributed by atoms with Gasteiger partial charge in [-0.25, -0.2) is 14.4 Å². The molecule has 0 radical (unpaired) electrons. The number of hydrogen-bond acceptors (Lipinski definition) is 8. The van der Waals surface area contributed by atoms with Crippen molar-refractivity contribution in [3.05, 3.63) is 37.0 Å². The van der Waals surface area contributed by atoms with Crippen LogP contribution in [-0.4, -0.2) is 56.0 Å². The third-order valence-electron chi connectivity index (χ3n) is 2.28. The van der Waals surface area contributed by atoms with Crippen LogP contribution >= 0.6 is 0 Å². The Morgan fingerprint density at radius 1 is 0.963 bits per heavy atom. The van der Waals surface area contributed by atoms with Crippen molar-refractivity contribution in [1.29, 1.82) is 0 Å². The SMILES string of the molecule is C=C(C)C(=O)OCCN.C=C(C)C(=O)OCCO.C=CC(=O)OCCCC. The summed E-state index contributed by atoms with van der Waals surface area (Å²) in [6, 6.07) is 0. The van der Waals surface area contributed by atoms with Crippen LogP contribution in [0.3, 0.4) is 0 Å². The van der Waals surface area contributed by atoms with E-state index >= 15 is 0 Å². The van der Waals surface area contributed by atoms with Gasteiger partial charge in [0.1, 0.15) is 13.2 Å². The van der Waals surface area contributed by atoms with E-state index in [1.54, 1.807) is 13.8 Å². The van der Waals surface area contributed by atoms with Gasteiger partial charge in [-0.2, -0.15) is 0 Å². The first-order chi connectivity index (χ1) is 12.7. The molecule has 0 fully saturated rings. The first kappa shape index (κ1) is 29.3. The summed E-state index contributed by atoms with van der Waals surface area (Å²) < 4.78 is 13.7. The molecule has 0 aromatic heterocycles. The molecule has 0 atom stereocenters. The highest BCUT2D eigenvalue weighted by molar-refractivity contribution is 5.87. The fourth-order valence-electron chi connectivity index (χ4n) is 0.912. The number of unbranched alkanes of at least 4 members (excludes halogenated alkanes) is 1. The molecule has 0 bridgehead atoms. The van der Waals surface area contributed by atoms with Crippen LogP contribution in [0.25, 0.3) is 0 Å². The third kappa shape index (κ3) is 25.9. The van der Waals surface area contributed by atoms with Crippen molar-refractivity contribution in [1.82, 2.24) is 0 Å². The summed E-state index contributed by atoms with van der Waals surface area (Å²) in [7, 11) is 0. The Labute approximate surface area is 161 Å². The molecule has 0 saturated carbocycles. The molecular weight excluding hydrogens is 354 g/mol. The maximum absolute atomic E-state index is 10.5. The Hall–Kier alpha value is -2.45. The first-order valence-electron chi connectivity index (χ1n) is 8.43. The lowest BCUT2D eigenvalue weighted by atomic mass is 10.4. The average molecular weight is 387 g/mol. The van der Waals surface area contributed by atoms with E-state index in [1.807, 2.05) is 6.92 Å². The molecule has 0 amide bonds. The maximum Gasteiger partial charge on any atom is 0.333 e. The van der Waals surface area contributed by atoms with Gasteiger partial charge in [-0.15, -0.1) is 0 Å². The highest BCUT2D eigenvalue weighted by Gasteiger charge is 2.00. The molecule has 0 heterocycles. The summed E-state index contributed by atoms with van der Waals surface area (Å²) in [4.78, 5) is 31.3. The van der Waals surface area contributed by atoms with Crippen molar-refractivity contribution >= 4 is 17.9 Å². The van der Waals surface area contributed by atoms with Crippen molar-refractivity contribution in [2.45, 2.75) is 33.6 Å². The van der Waals surface area contributed by atoms with E-state index in [-0.39, 0.29) is 31.8 Å². The summed E-state index contributed by atoms with van der Waals surface area (Å²) in [5.41, 5.74) is 5.83. The fourth-order valence-corrected chi connectivity index (χ4v) is 0.912. The molecular formula is C19H33NO7. The zero-order chi connectivity index (χ0) is 21.7. The molecule has 0 aliphatic heterocycles. The largest absolute Gasteiger partial charge is 0.463 e. The molecule has 0 unspecified atom stereocenters. The number of carbonyl (C=O) groups is 3. The van der Waals surface area contributed by atoms with Crippen LogP contribution in [0.5, 0.6) is 0 Å². The van der Waals surface area contributed by atoms with Crippen molar-refractivity contribution in [3.8, 4) is 0 Å². The normalized spacial score (nSPS) is 8.63. The van der Waals surface area contributed by atoms with Crippen LogP contribution in [0.1, 0.15) is 33.6 Å². The van der Waals surface area contributed by atoms with Crippen LogP contribution in [0, 0.1) is 0 Å². The molecule has 0 aromatic carbocycles. The summed E-state index contributed by atoms with van der Waals surface area (Å²) in [5, 5.41) is 8.19. The number of aliphatic hydroxyl groups excluding tert-OH is 1. The number of ether oxygens (including phenoxy) is 3. The standard InChI is InChI=1S/C7H12O2.C6H11NO2.C6H10O3/c1-3-5-6-9-7(8)4-2;2*1-5(2)6(8)9-4-3-7/h4H,2-3,5-6H2,1H3;1,3-4,7H2,2H3;7H,1,3-4H2,2H3. The van der Waals surface area contributed by atoms with Gasteiger partial charge in [0.25, 0.3) is 0 Å². The predicted molar refractivity (Wildman–Crippen MR) is 104 cm³/mol. The van der Waals surface area contributed by atoms with E-state index in [2.05, 4.69) is 33.9 Å². The maximum atomic E-state index is 10.5. The Morgan fingerprint density at radius 3 is 1.78 bits per heavy atom. The summed E-state index contributed by atoms with van der Waals surface area (Å²) in [5.74, 6) is -1.16. The highest BCUT2D eigenvalue weighted by Crippen LogP contribution is 1.90. The monoisotopic (exact) mass is 387 g/mol. The molecule has 27 heavy (non-hydrogen) atoms. The summed E-state index contributed by atoms with van der Waals surface area (Å²) in [6.07, 6.45) is 3.15. The van der Waals surface area contributed by atoms with E-state index in [1.165, 1.54) is 6.08 Å². The molecule has 0 saturated heterocycles. The van der Waals surface area contributed by atoms with Gasteiger partial charge in [0.15, 0.2) is 0 Å². The third-order valence-corrected chi connectivity index (χ3v) is 2.28. The first-order valence-corrected chi connectivity index (χ1v) is 8.43. The van der Waals surface area contributed by atoms with Crippen LogP contribution < -0.4 is 5.73 Å². The van der Waals surface area contributed by atoms with Crippen molar-refractivity contribution in [2.24, 2.45) is 5.73 Å². The minimum atomic E-state index is -0.455. The fraction of sp³-hybridized carbons (Fsp3) is 0.526. The highest BCUT2D eigenvalue weighted by atomic mass is 16.5. The van der Waals surface area contributed by atoms with Gasteiger partial charge in [-0.3, -0.25) is 0 Å². The second-order valence-corrected chi connectivity index (χ2v) is 5.07. The lowest BCUT2D eigenvalue weighted by Crippen LogP contribution is -2.13. The second kappa shape index (κ2) is 21.6. The van der Waals surface area contributed by atoms with Gasteiger partial charge in [0, 0.05) is 23.8 Å². The van der Waals surface area contributed by atoms with E-state index in [9.17, 15) is 14.4 Å². The molecule has 0 aliphatic carbocycles. The van der Waals surface area contributed by atoms with Crippen molar-refractivity contribution < 1.29 is 33.7 Å². The number of carbonyl (C=O) groups excluding carboxylic acids is 3. The number of rotatable bonds is 10. The molecule has 156 valence electrons. The molecule has 3 N–H and O–H groups in total. The molecule has 0 aromatic rings. The van der Waals surface area contributed by atoms with E-state index < -0.39 is 5.97 Å². The minimum absolute atomic E-state index is 0.0473. The molecule has 0 aliphatic rings. The van der Waals surface area contributed by atoms with Gasteiger partial charge in [-0.1, -0.05) is 33.1 Å². The van der Waals surface area contributed by atoms with Gasteiger partial charge in [-0.05, 0) is 20.3 Å². The van der Waals surface area contributed by atoms with E-state index in [0.717, 1.165) is 12.8 Å². The molecule has 0 rings (SSSR count). The zero-order valence-corrected chi connectivity index (χ0v) is 16.6. The van der Waals surface area contributed by atoms with Crippen molar-refractivity contribution in [2.75, 3.05) is 33.0 Å². The lowest BCUT2D eigenvalue weighted by Gasteiger charge is -1.99. The Bertz CT molecular complexity index is 440. The Morgan fingerprint density at radius 2 is 1.44 bits per heavy atom. The van der Waals surface area contributed by atoms with Crippen LogP contribution in [0.4, 0.5) is 0 Å². The van der Waals surface area contributed by atoms with Gasteiger partial charge in [0.2, 0.25) is 0 Å². The number of aliphatic hydroxyl groups is 1.